The molecule has 0 bridgehead atoms. The van der Waals surface area contributed by atoms with E-state index >= 15 is 0 Å². The maximum atomic E-state index is 12.0. The molecule has 6 heteroatoms. The maximum absolute atomic E-state index is 12.0. The Morgan fingerprint density at radius 2 is 2.25 bits per heavy atom. The molecule has 1 aromatic carbocycles. The van der Waals surface area contributed by atoms with Crippen molar-refractivity contribution in [1.29, 1.82) is 0 Å². The first-order valence-electron chi connectivity index (χ1n) is 6.48. The standard InChI is InChI=1S/C14H18N2O4/c1-20-14(19)12(17)8-16-13(18)10-3-2-9-4-5-15-7-11(9)6-10/h2-3,6,12,15,17H,4-5,7-8H2,1H3,(H,16,18). The van der Waals surface area contributed by atoms with Crippen LogP contribution in [0.1, 0.15) is 21.5 Å². The van der Waals surface area contributed by atoms with Crippen LogP contribution in [0.25, 0.3) is 0 Å². The molecule has 0 fully saturated rings. The van der Waals surface area contributed by atoms with Crippen LogP contribution < -0.4 is 10.6 Å². The number of hydrogen-bond acceptors (Lipinski definition) is 5. The van der Waals surface area contributed by atoms with Crippen molar-refractivity contribution in [3.63, 3.8) is 0 Å². The zero-order valence-electron chi connectivity index (χ0n) is 11.3. The van der Waals surface area contributed by atoms with Crippen molar-refractivity contribution in [2.75, 3.05) is 20.2 Å². The summed E-state index contributed by atoms with van der Waals surface area (Å²) in [6.45, 7) is 1.53. The molecule has 1 amide bonds. The van der Waals surface area contributed by atoms with Gasteiger partial charge in [-0.3, -0.25) is 4.79 Å². The molecule has 1 aromatic rings. The number of rotatable bonds is 4. The van der Waals surface area contributed by atoms with Gasteiger partial charge >= 0.3 is 5.97 Å². The predicted octanol–water partition coefficient (Wildman–Crippen LogP) is -0.404. The molecule has 2 rings (SSSR count). The summed E-state index contributed by atoms with van der Waals surface area (Å²) in [6, 6.07) is 5.53. The second-order valence-electron chi connectivity index (χ2n) is 4.66. The smallest absolute Gasteiger partial charge is 0.336 e. The summed E-state index contributed by atoms with van der Waals surface area (Å²) in [6.07, 6.45) is -0.388. The largest absolute Gasteiger partial charge is 0.467 e. The number of hydrogen-bond donors (Lipinski definition) is 3. The third-order valence-electron chi connectivity index (χ3n) is 3.28. The van der Waals surface area contributed by atoms with E-state index in [1.807, 2.05) is 12.1 Å². The molecule has 0 saturated heterocycles. The van der Waals surface area contributed by atoms with E-state index in [1.165, 1.54) is 12.7 Å². The van der Waals surface area contributed by atoms with Gasteiger partial charge in [0, 0.05) is 12.1 Å². The lowest BCUT2D eigenvalue weighted by Gasteiger charge is -2.18. The third-order valence-corrected chi connectivity index (χ3v) is 3.28. The van der Waals surface area contributed by atoms with Crippen LogP contribution in [0, 0.1) is 0 Å². The minimum absolute atomic E-state index is 0.166. The zero-order chi connectivity index (χ0) is 14.5. The van der Waals surface area contributed by atoms with Gasteiger partial charge < -0.3 is 20.5 Å². The highest BCUT2D eigenvalue weighted by atomic mass is 16.5. The van der Waals surface area contributed by atoms with Gasteiger partial charge in [0.05, 0.1) is 13.7 Å². The molecule has 3 N–H and O–H groups in total. The summed E-state index contributed by atoms with van der Waals surface area (Å²) in [4.78, 5) is 23.0. The van der Waals surface area contributed by atoms with E-state index in [9.17, 15) is 14.7 Å². The number of amides is 1. The van der Waals surface area contributed by atoms with Crippen LogP contribution in [0.3, 0.4) is 0 Å². The van der Waals surface area contributed by atoms with Crippen LogP contribution in [-0.4, -0.2) is 43.3 Å². The van der Waals surface area contributed by atoms with Crippen LogP contribution in [0.2, 0.25) is 0 Å². The van der Waals surface area contributed by atoms with Gasteiger partial charge in [-0.1, -0.05) is 6.07 Å². The fourth-order valence-corrected chi connectivity index (χ4v) is 2.13. The van der Waals surface area contributed by atoms with Gasteiger partial charge in [-0.05, 0) is 36.2 Å². The minimum Gasteiger partial charge on any atom is -0.467 e. The second-order valence-corrected chi connectivity index (χ2v) is 4.66. The van der Waals surface area contributed by atoms with Crippen LogP contribution in [0.5, 0.6) is 0 Å². The number of aliphatic hydroxyl groups is 1. The van der Waals surface area contributed by atoms with Crippen LogP contribution in [0.4, 0.5) is 0 Å². The normalized spacial score (nSPS) is 15.1. The van der Waals surface area contributed by atoms with Gasteiger partial charge in [0.2, 0.25) is 0 Å². The molecular formula is C14H18N2O4. The summed E-state index contributed by atoms with van der Waals surface area (Å²) in [5.41, 5.74) is 2.87. The lowest BCUT2D eigenvalue weighted by molar-refractivity contribution is -0.149. The van der Waals surface area contributed by atoms with Crippen molar-refractivity contribution in [2.24, 2.45) is 0 Å². The lowest BCUT2D eigenvalue weighted by Crippen LogP contribution is -2.37. The van der Waals surface area contributed by atoms with E-state index in [2.05, 4.69) is 15.4 Å². The molecule has 0 aromatic heterocycles. The highest BCUT2D eigenvalue weighted by Gasteiger charge is 2.17. The van der Waals surface area contributed by atoms with Gasteiger partial charge in [0.1, 0.15) is 0 Å². The Morgan fingerprint density at radius 1 is 1.45 bits per heavy atom. The van der Waals surface area contributed by atoms with Gasteiger partial charge in [-0.2, -0.15) is 0 Å². The highest BCUT2D eigenvalue weighted by Crippen LogP contribution is 2.15. The van der Waals surface area contributed by atoms with Crippen LogP contribution in [0.15, 0.2) is 18.2 Å². The fourth-order valence-electron chi connectivity index (χ4n) is 2.13. The summed E-state index contributed by atoms with van der Waals surface area (Å²) in [7, 11) is 1.18. The number of esters is 1. The van der Waals surface area contributed by atoms with Crippen molar-refractivity contribution < 1.29 is 19.4 Å². The van der Waals surface area contributed by atoms with Gasteiger partial charge in [-0.25, -0.2) is 4.79 Å². The molecule has 108 valence electrons. The number of benzene rings is 1. The topological polar surface area (TPSA) is 87.7 Å². The van der Waals surface area contributed by atoms with Gasteiger partial charge in [0.25, 0.3) is 5.91 Å². The molecule has 1 aliphatic heterocycles. The van der Waals surface area contributed by atoms with Crippen molar-refractivity contribution in [2.45, 2.75) is 19.1 Å². The maximum Gasteiger partial charge on any atom is 0.336 e. The van der Waals surface area contributed by atoms with Crippen LogP contribution in [-0.2, 0) is 22.5 Å². The molecule has 1 atom stereocenters. The van der Waals surface area contributed by atoms with Gasteiger partial charge in [0.15, 0.2) is 6.10 Å². The number of nitrogens with one attached hydrogen (secondary N) is 2. The first kappa shape index (κ1) is 14.5. The monoisotopic (exact) mass is 278 g/mol. The molecule has 0 saturated carbocycles. The number of carbonyl (C=O) groups excluding carboxylic acids is 2. The lowest BCUT2D eigenvalue weighted by atomic mass is 9.98. The summed E-state index contributed by atoms with van der Waals surface area (Å²) >= 11 is 0. The Morgan fingerprint density at radius 3 is 3.00 bits per heavy atom. The fraction of sp³-hybridized carbons (Fsp3) is 0.429. The Balaban J connectivity index is 1.97. The molecule has 1 heterocycles. The Bertz CT molecular complexity index is 516. The van der Waals surface area contributed by atoms with Crippen molar-refractivity contribution in [3.05, 3.63) is 34.9 Å². The van der Waals surface area contributed by atoms with E-state index in [0.717, 1.165) is 25.1 Å². The molecule has 0 aliphatic carbocycles. The molecule has 6 nitrogen and oxygen atoms in total. The zero-order valence-corrected chi connectivity index (χ0v) is 11.3. The van der Waals surface area contributed by atoms with E-state index in [0.29, 0.717) is 5.56 Å². The molecular weight excluding hydrogens is 260 g/mol. The molecule has 1 aliphatic rings. The summed E-state index contributed by atoms with van der Waals surface area (Å²) < 4.78 is 4.38. The molecule has 1 unspecified atom stereocenters. The van der Waals surface area contributed by atoms with E-state index in [4.69, 9.17) is 0 Å². The number of fused-ring (bicyclic) bond motifs is 1. The first-order chi connectivity index (χ1) is 9.61. The van der Waals surface area contributed by atoms with E-state index in [-0.39, 0.29) is 12.5 Å². The van der Waals surface area contributed by atoms with E-state index < -0.39 is 12.1 Å². The number of aliphatic hydroxyl groups excluding tert-OH is 1. The van der Waals surface area contributed by atoms with Crippen molar-refractivity contribution in [1.82, 2.24) is 10.6 Å². The van der Waals surface area contributed by atoms with Crippen molar-refractivity contribution in [3.8, 4) is 0 Å². The molecule has 0 radical (unpaired) electrons. The quantitative estimate of drug-likeness (QED) is 0.652. The predicted molar refractivity (Wildman–Crippen MR) is 72.2 cm³/mol. The number of ether oxygens (including phenoxy) is 1. The first-order valence-corrected chi connectivity index (χ1v) is 6.48. The van der Waals surface area contributed by atoms with Crippen LogP contribution >= 0.6 is 0 Å². The Labute approximate surface area is 117 Å². The Hall–Kier alpha value is -1.92. The average Bonchev–Trinajstić information content (AvgIpc) is 2.50. The van der Waals surface area contributed by atoms with E-state index in [1.54, 1.807) is 6.07 Å². The average molecular weight is 278 g/mol. The van der Waals surface area contributed by atoms with Crippen molar-refractivity contribution >= 4 is 11.9 Å². The molecule has 20 heavy (non-hydrogen) atoms. The van der Waals surface area contributed by atoms with Gasteiger partial charge in [-0.15, -0.1) is 0 Å². The number of carbonyl (C=O) groups is 2. The summed E-state index contributed by atoms with van der Waals surface area (Å²) in [5.74, 6) is -1.08. The SMILES string of the molecule is COC(=O)C(O)CNC(=O)c1ccc2c(c1)CNCC2. The minimum atomic E-state index is -1.34. The second kappa shape index (κ2) is 6.49. The summed E-state index contributed by atoms with van der Waals surface area (Å²) in [5, 5.41) is 15.2. The number of methoxy groups -OCH3 is 1. The highest BCUT2D eigenvalue weighted by molar-refractivity contribution is 5.94. The third kappa shape index (κ3) is 3.34. The molecule has 0 spiro atoms. The Kier molecular flexibility index (Phi) is 4.70.